The summed E-state index contributed by atoms with van der Waals surface area (Å²) in [7, 11) is 0. The lowest BCUT2D eigenvalue weighted by Gasteiger charge is -2.07. The highest BCUT2D eigenvalue weighted by Gasteiger charge is 2.01. The number of anilines is 1. The van der Waals surface area contributed by atoms with E-state index in [-0.39, 0.29) is 0 Å². The molecule has 7 nitrogen and oxygen atoms in total. The molecule has 20 heavy (non-hydrogen) atoms. The molecule has 0 atom stereocenters. The molecule has 0 aliphatic rings. The quantitative estimate of drug-likeness (QED) is 0.757. The molecule has 1 aromatic carbocycles. The maximum Gasteiger partial charge on any atom is 0.200 e. The van der Waals surface area contributed by atoms with E-state index in [0.717, 1.165) is 11.3 Å². The Morgan fingerprint density at radius 1 is 1.25 bits per heavy atom. The van der Waals surface area contributed by atoms with Crippen molar-refractivity contribution in [2.45, 2.75) is 13.5 Å². The topological polar surface area (TPSA) is 77.2 Å². The highest BCUT2D eigenvalue weighted by atomic mass is 16.5. The van der Waals surface area contributed by atoms with E-state index in [2.05, 4.69) is 25.9 Å². The van der Waals surface area contributed by atoms with Gasteiger partial charge in [0.1, 0.15) is 11.6 Å². The summed E-state index contributed by atoms with van der Waals surface area (Å²) in [5.74, 6) is 1.59. The Labute approximate surface area is 115 Å². The van der Waals surface area contributed by atoms with Crippen LogP contribution in [0, 0.1) is 0 Å². The van der Waals surface area contributed by atoms with Gasteiger partial charge in [0.25, 0.3) is 0 Å². The smallest absolute Gasteiger partial charge is 0.200 e. The van der Waals surface area contributed by atoms with Gasteiger partial charge in [-0.3, -0.25) is 0 Å². The highest BCUT2D eigenvalue weighted by Crippen LogP contribution is 2.14. The third-order valence-corrected chi connectivity index (χ3v) is 2.75. The zero-order valence-corrected chi connectivity index (χ0v) is 11.0. The van der Waals surface area contributed by atoms with Crippen molar-refractivity contribution in [1.82, 2.24) is 25.3 Å². The third-order valence-electron chi connectivity index (χ3n) is 2.75. The number of hydrogen-bond donors (Lipinski definition) is 1. The summed E-state index contributed by atoms with van der Waals surface area (Å²) in [5.41, 5.74) is 1.74. The number of ether oxygens (including phenoxy) is 1. The molecule has 2 aromatic heterocycles. The standard InChI is InChI=1S/C13H14N6O/c1-2-20-11-5-3-4-10(8-11)9-14-12-6-7-13-15-17-18-19(13)16-12/h3-8H,2,9H2,1H3,(H,14,16). The molecular weight excluding hydrogens is 256 g/mol. The van der Waals surface area contributed by atoms with Crippen LogP contribution < -0.4 is 10.1 Å². The number of benzene rings is 1. The van der Waals surface area contributed by atoms with Crippen molar-refractivity contribution in [3.05, 3.63) is 42.0 Å². The Hall–Kier alpha value is -2.70. The number of nitrogens with one attached hydrogen (secondary N) is 1. The summed E-state index contributed by atoms with van der Waals surface area (Å²) in [5, 5.41) is 18.6. The molecule has 0 saturated carbocycles. The fraction of sp³-hybridized carbons (Fsp3) is 0.231. The van der Waals surface area contributed by atoms with Gasteiger partial charge in [0, 0.05) is 6.54 Å². The van der Waals surface area contributed by atoms with Crippen LogP contribution in [-0.4, -0.2) is 31.9 Å². The van der Waals surface area contributed by atoms with Gasteiger partial charge in [-0.15, -0.1) is 14.8 Å². The summed E-state index contributed by atoms with van der Waals surface area (Å²) in [6, 6.07) is 11.6. The second-order valence-corrected chi connectivity index (χ2v) is 4.18. The normalized spacial score (nSPS) is 10.7. The average Bonchev–Trinajstić information content (AvgIpc) is 2.93. The Balaban J connectivity index is 1.70. The molecule has 0 fully saturated rings. The van der Waals surface area contributed by atoms with Crippen LogP contribution in [0.25, 0.3) is 5.65 Å². The van der Waals surface area contributed by atoms with Crippen LogP contribution in [0.4, 0.5) is 5.82 Å². The average molecular weight is 270 g/mol. The molecule has 0 radical (unpaired) electrons. The SMILES string of the molecule is CCOc1cccc(CNc2ccc3nnnn3n2)c1. The van der Waals surface area contributed by atoms with Crippen LogP contribution in [0.3, 0.4) is 0 Å². The number of aromatic nitrogens is 5. The van der Waals surface area contributed by atoms with Crippen molar-refractivity contribution in [2.75, 3.05) is 11.9 Å². The first kappa shape index (κ1) is 12.3. The monoisotopic (exact) mass is 270 g/mol. The van der Waals surface area contributed by atoms with Crippen LogP contribution in [0.5, 0.6) is 5.75 Å². The van der Waals surface area contributed by atoms with Crippen molar-refractivity contribution in [2.24, 2.45) is 0 Å². The van der Waals surface area contributed by atoms with Crippen molar-refractivity contribution in [3.8, 4) is 5.75 Å². The summed E-state index contributed by atoms with van der Waals surface area (Å²) in [6.07, 6.45) is 0. The Kier molecular flexibility index (Phi) is 3.40. The van der Waals surface area contributed by atoms with Gasteiger partial charge < -0.3 is 10.1 Å². The molecule has 3 aromatic rings. The fourth-order valence-electron chi connectivity index (χ4n) is 1.85. The van der Waals surface area contributed by atoms with Gasteiger partial charge in [-0.25, -0.2) is 0 Å². The molecule has 0 amide bonds. The molecule has 2 heterocycles. The van der Waals surface area contributed by atoms with E-state index < -0.39 is 0 Å². The minimum atomic E-state index is 0.619. The third kappa shape index (κ3) is 2.66. The number of fused-ring (bicyclic) bond motifs is 1. The lowest BCUT2D eigenvalue weighted by molar-refractivity contribution is 0.340. The molecule has 0 saturated heterocycles. The molecule has 102 valence electrons. The molecular formula is C13H14N6O. The van der Waals surface area contributed by atoms with E-state index in [1.165, 1.54) is 4.63 Å². The summed E-state index contributed by atoms with van der Waals surface area (Å²) >= 11 is 0. The first-order valence-corrected chi connectivity index (χ1v) is 6.36. The molecule has 0 unspecified atom stereocenters. The van der Waals surface area contributed by atoms with Gasteiger partial charge in [-0.2, -0.15) is 0 Å². The van der Waals surface area contributed by atoms with Crippen molar-refractivity contribution in [3.63, 3.8) is 0 Å². The Morgan fingerprint density at radius 3 is 3.10 bits per heavy atom. The van der Waals surface area contributed by atoms with Gasteiger partial charge in [-0.05, 0) is 47.2 Å². The van der Waals surface area contributed by atoms with E-state index in [1.807, 2.05) is 43.3 Å². The number of nitrogens with zero attached hydrogens (tertiary/aromatic N) is 5. The number of hydrogen-bond acceptors (Lipinski definition) is 6. The first-order chi connectivity index (χ1) is 9.85. The van der Waals surface area contributed by atoms with E-state index in [0.29, 0.717) is 24.6 Å². The highest BCUT2D eigenvalue weighted by molar-refractivity contribution is 5.42. The van der Waals surface area contributed by atoms with Crippen LogP contribution in [0.2, 0.25) is 0 Å². The minimum absolute atomic E-state index is 0.619. The number of tetrazole rings is 1. The molecule has 7 heteroatoms. The van der Waals surface area contributed by atoms with E-state index in [4.69, 9.17) is 4.74 Å². The summed E-state index contributed by atoms with van der Waals surface area (Å²) in [6.45, 7) is 3.28. The predicted molar refractivity (Wildman–Crippen MR) is 73.5 cm³/mol. The van der Waals surface area contributed by atoms with Gasteiger partial charge in [0.2, 0.25) is 0 Å². The molecule has 1 N–H and O–H groups in total. The maximum absolute atomic E-state index is 5.47. The Morgan fingerprint density at radius 2 is 2.20 bits per heavy atom. The van der Waals surface area contributed by atoms with Crippen LogP contribution in [-0.2, 0) is 6.54 Å². The zero-order chi connectivity index (χ0) is 13.8. The Bertz CT molecular complexity index is 711. The van der Waals surface area contributed by atoms with Gasteiger partial charge in [0.15, 0.2) is 5.65 Å². The second-order valence-electron chi connectivity index (χ2n) is 4.18. The van der Waals surface area contributed by atoms with Gasteiger partial charge in [0.05, 0.1) is 6.61 Å². The lowest BCUT2D eigenvalue weighted by atomic mass is 10.2. The molecule has 0 aliphatic carbocycles. The predicted octanol–water partition coefficient (Wildman–Crippen LogP) is 1.53. The van der Waals surface area contributed by atoms with E-state index >= 15 is 0 Å². The van der Waals surface area contributed by atoms with Crippen molar-refractivity contribution in [1.29, 1.82) is 0 Å². The molecule has 0 bridgehead atoms. The fourth-order valence-corrected chi connectivity index (χ4v) is 1.85. The second kappa shape index (κ2) is 5.52. The molecule has 0 spiro atoms. The van der Waals surface area contributed by atoms with Crippen LogP contribution in [0.1, 0.15) is 12.5 Å². The number of rotatable bonds is 5. The van der Waals surface area contributed by atoms with E-state index in [9.17, 15) is 0 Å². The van der Waals surface area contributed by atoms with Gasteiger partial charge in [-0.1, -0.05) is 12.1 Å². The lowest BCUT2D eigenvalue weighted by Crippen LogP contribution is -2.05. The molecule has 3 rings (SSSR count). The van der Waals surface area contributed by atoms with Crippen LogP contribution in [0.15, 0.2) is 36.4 Å². The van der Waals surface area contributed by atoms with Crippen molar-refractivity contribution < 1.29 is 4.74 Å². The summed E-state index contributed by atoms with van der Waals surface area (Å²) in [4.78, 5) is 0. The molecule has 0 aliphatic heterocycles. The summed E-state index contributed by atoms with van der Waals surface area (Å²) < 4.78 is 6.86. The zero-order valence-electron chi connectivity index (χ0n) is 11.0. The maximum atomic E-state index is 5.47. The van der Waals surface area contributed by atoms with E-state index in [1.54, 1.807) is 0 Å². The van der Waals surface area contributed by atoms with Gasteiger partial charge >= 0.3 is 0 Å². The minimum Gasteiger partial charge on any atom is -0.494 e. The van der Waals surface area contributed by atoms with Crippen molar-refractivity contribution >= 4 is 11.5 Å². The largest absolute Gasteiger partial charge is 0.494 e. The first-order valence-electron chi connectivity index (χ1n) is 6.36. The van der Waals surface area contributed by atoms with Crippen LogP contribution >= 0.6 is 0 Å².